The summed E-state index contributed by atoms with van der Waals surface area (Å²) in [6.07, 6.45) is -0.300. The van der Waals surface area contributed by atoms with Gasteiger partial charge in [0.05, 0.1) is 25.4 Å². The molecule has 2 rings (SSSR count). The Balaban J connectivity index is 1.96. The van der Waals surface area contributed by atoms with Gasteiger partial charge in [-0.25, -0.2) is 0 Å². The molecule has 2 atom stereocenters. The number of amides is 1. The molecule has 1 aliphatic rings. The number of aryl methyl sites for hydroxylation is 1. The largest absolute Gasteiger partial charge is 0.483 e. The first-order valence-corrected chi connectivity index (χ1v) is 7.24. The first-order chi connectivity index (χ1) is 10.0. The molecule has 1 fully saturated rings. The second-order valence-electron chi connectivity index (χ2n) is 5.52. The molecule has 0 radical (unpaired) electrons. The van der Waals surface area contributed by atoms with Gasteiger partial charge in [-0.2, -0.15) is 0 Å². The van der Waals surface area contributed by atoms with Crippen LogP contribution in [-0.2, 0) is 9.53 Å². The zero-order chi connectivity index (χ0) is 15.4. The van der Waals surface area contributed by atoms with Gasteiger partial charge in [0.25, 0.3) is 5.91 Å². The van der Waals surface area contributed by atoms with E-state index < -0.39 is 0 Å². The monoisotopic (exact) mass is 293 g/mol. The molecular weight excluding hydrogens is 270 g/mol. The van der Waals surface area contributed by atoms with Crippen LogP contribution in [-0.4, -0.2) is 54.4 Å². The number of aliphatic hydroxyl groups is 1. The van der Waals surface area contributed by atoms with E-state index in [0.717, 1.165) is 16.9 Å². The first-order valence-electron chi connectivity index (χ1n) is 7.24. The lowest BCUT2D eigenvalue weighted by molar-refractivity contribution is -0.148. The summed E-state index contributed by atoms with van der Waals surface area (Å²) >= 11 is 0. The molecule has 0 spiro atoms. The molecule has 0 aliphatic carbocycles. The van der Waals surface area contributed by atoms with Crippen molar-refractivity contribution in [2.24, 2.45) is 0 Å². The fourth-order valence-corrected chi connectivity index (χ4v) is 2.38. The molecule has 1 amide bonds. The van der Waals surface area contributed by atoms with E-state index >= 15 is 0 Å². The van der Waals surface area contributed by atoms with Crippen molar-refractivity contribution in [3.63, 3.8) is 0 Å². The summed E-state index contributed by atoms with van der Waals surface area (Å²) in [5.74, 6) is 0.660. The Kier molecular flexibility index (Phi) is 5.20. The number of morpholine rings is 1. The minimum atomic E-state index is -0.300. The molecular formula is C16H23NO4. The molecule has 0 saturated carbocycles. The van der Waals surface area contributed by atoms with Crippen LogP contribution in [0.4, 0.5) is 0 Å². The lowest BCUT2D eigenvalue weighted by Gasteiger charge is -2.37. The fraction of sp³-hybridized carbons (Fsp3) is 0.562. The van der Waals surface area contributed by atoms with E-state index in [2.05, 4.69) is 0 Å². The molecule has 1 aliphatic heterocycles. The lowest BCUT2D eigenvalue weighted by atomic mass is 10.1. The van der Waals surface area contributed by atoms with Crippen molar-refractivity contribution in [1.82, 2.24) is 4.90 Å². The van der Waals surface area contributed by atoms with E-state index in [1.807, 2.05) is 39.0 Å². The number of ether oxygens (including phenoxy) is 2. The Morgan fingerprint density at radius 3 is 2.95 bits per heavy atom. The molecule has 1 aromatic rings. The van der Waals surface area contributed by atoms with Gasteiger partial charge in [-0.1, -0.05) is 12.1 Å². The molecule has 1 saturated heterocycles. The van der Waals surface area contributed by atoms with Crippen LogP contribution in [0.1, 0.15) is 18.1 Å². The Labute approximate surface area is 125 Å². The topological polar surface area (TPSA) is 59.0 Å². The second kappa shape index (κ2) is 6.91. The highest BCUT2D eigenvalue weighted by molar-refractivity contribution is 5.78. The molecule has 1 heterocycles. The smallest absolute Gasteiger partial charge is 0.260 e. The van der Waals surface area contributed by atoms with Gasteiger partial charge in [-0.3, -0.25) is 4.79 Å². The van der Waals surface area contributed by atoms with E-state index in [0.29, 0.717) is 13.2 Å². The first kappa shape index (κ1) is 15.8. The number of carbonyl (C=O) groups is 1. The molecule has 5 nitrogen and oxygen atoms in total. The van der Waals surface area contributed by atoms with Crippen molar-refractivity contribution in [3.8, 4) is 5.75 Å². The van der Waals surface area contributed by atoms with Gasteiger partial charge in [0, 0.05) is 6.54 Å². The summed E-state index contributed by atoms with van der Waals surface area (Å²) in [7, 11) is 0. The molecule has 0 bridgehead atoms. The predicted molar refractivity (Wildman–Crippen MR) is 79.4 cm³/mol. The number of rotatable bonds is 4. The van der Waals surface area contributed by atoms with E-state index in [-0.39, 0.29) is 31.3 Å². The van der Waals surface area contributed by atoms with Crippen molar-refractivity contribution in [1.29, 1.82) is 0 Å². The van der Waals surface area contributed by atoms with Crippen LogP contribution in [0.5, 0.6) is 5.75 Å². The summed E-state index contributed by atoms with van der Waals surface area (Å²) in [5, 5.41) is 9.16. The number of nitrogens with zero attached hydrogens (tertiary/aromatic N) is 1. The highest BCUT2D eigenvalue weighted by Gasteiger charge is 2.29. The van der Waals surface area contributed by atoms with Gasteiger partial charge in [-0.15, -0.1) is 0 Å². The number of hydrogen-bond donors (Lipinski definition) is 1. The van der Waals surface area contributed by atoms with Crippen LogP contribution >= 0.6 is 0 Å². The molecule has 1 N–H and O–H groups in total. The minimum Gasteiger partial charge on any atom is -0.483 e. The standard InChI is InChI=1S/C16H23NO4/c1-11-5-4-6-15(13(11)3)21-10-16(19)17-7-14(8-18)20-9-12(17)2/h4-6,12,14,18H,7-10H2,1-3H3. The third-order valence-corrected chi connectivity index (χ3v) is 3.94. The van der Waals surface area contributed by atoms with Crippen LogP contribution in [0.25, 0.3) is 0 Å². The van der Waals surface area contributed by atoms with Crippen molar-refractivity contribution in [2.75, 3.05) is 26.4 Å². The third-order valence-electron chi connectivity index (χ3n) is 3.94. The van der Waals surface area contributed by atoms with Gasteiger partial charge in [0.15, 0.2) is 6.61 Å². The normalized spacial score (nSPS) is 22.2. The second-order valence-corrected chi connectivity index (χ2v) is 5.52. The zero-order valence-electron chi connectivity index (χ0n) is 12.8. The SMILES string of the molecule is Cc1cccc(OCC(=O)N2CC(CO)OCC2C)c1C. The van der Waals surface area contributed by atoms with Crippen LogP contribution < -0.4 is 4.74 Å². The Morgan fingerprint density at radius 1 is 1.48 bits per heavy atom. The Morgan fingerprint density at radius 2 is 2.24 bits per heavy atom. The third kappa shape index (κ3) is 3.74. The van der Waals surface area contributed by atoms with Crippen molar-refractivity contribution in [2.45, 2.75) is 32.9 Å². The van der Waals surface area contributed by atoms with Crippen LogP contribution in [0.3, 0.4) is 0 Å². The summed E-state index contributed by atoms with van der Waals surface area (Å²) in [4.78, 5) is 14.0. The minimum absolute atomic E-state index is 0.00232. The molecule has 5 heteroatoms. The highest BCUT2D eigenvalue weighted by atomic mass is 16.5. The van der Waals surface area contributed by atoms with Gasteiger partial charge >= 0.3 is 0 Å². The summed E-state index contributed by atoms with van der Waals surface area (Å²) in [6, 6.07) is 5.80. The fourth-order valence-electron chi connectivity index (χ4n) is 2.38. The van der Waals surface area contributed by atoms with E-state index in [1.54, 1.807) is 4.90 Å². The average molecular weight is 293 g/mol. The Hall–Kier alpha value is -1.59. The predicted octanol–water partition coefficient (Wildman–Crippen LogP) is 1.29. The number of aliphatic hydroxyl groups excluding tert-OH is 1. The van der Waals surface area contributed by atoms with Crippen LogP contribution in [0, 0.1) is 13.8 Å². The van der Waals surface area contributed by atoms with E-state index in [1.165, 1.54) is 0 Å². The van der Waals surface area contributed by atoms with Gasteiger partial charge in [0.1, 0.15) is 5.75 Å². The van der Waals surface area contributed by atoms with Crippen molar-refractivity contribution < 1.29 is 19.4 Å². The lowest BCUT2D eigenvalue weighted by Crippen LogP contribution is -2.53. The van der Waals surface area contributed by atoms with E-state index in [4.69, 9.17) is 14.6 Å². The Bertz CT molecular complexity index is 503. The summed E-state index contributed by atoms with van der Waals surface area (Å²) in [5.41, 5.74) is 2.19. The van der Waals surface area contributed by atoms with Crippen molar-refractivity contribution in [3.05, 3.63) is 29.3 Å². The molecule has 2 unspecified atom stereocenters. The van der Waals surface area contributed by atoms with Gasteiger partial charge < -0.3 is 19.5 Å². The molecule has 116 valence electrons. The number of carbonyl (C=O) groups excluding carboxylic acids is 1. The maximum absolute atomic E-state index is 12.3. The summed E-state index contributed by atoms with van der Waals surface area (Å²) in [6.45, 7) is 6.71. The maximum atomic E-state index is 12.3. The number of hydrogen-bond acceptors (Lipinski definition) is 4. The van der Waals surface area contributed by atoms with Gasteiger partial charge in [-0.05, 0) is 38.0 Å². The van der Waals surface area contributed by atoms with Crippen molar-refractivity contribution >= 4 is 5.91 Å². The molecule has 21 heavy (non-hydrogen) atoms. The quantitative estimate of drug-likeness (QED) is 0.909. The van der Waals surface area contributed by atoms with E-state index in [9.17, 15) is 4.79 Å². The maximum Gasteiger partial charge on any atom is 0.260 e. The highest BCUT2D eigenvalue weighted by Crippen LogP contribution is 2.21. The average Bonchev–Trinajstić information content (AvgIpc) is 2.49. The number of benzene rings is 1. The van der Waals surface area contributed by atoms with Crippen LogP contribution in [0.2, 0.25) is 0 Å². The molecule has 0 aromatic heterocycles. The van der Waals surface area contributed by atoms with Gasteiger partial charge in [0.2, 0.25) is 0 Å². The summed E-state index contributed by atoms with van der Waals surface area (Å²) < 4.78 is 11.1. The van der Waals surface area contributed by atoms with Crippen LogP contribution in [0.15, 0.2) is 18.2 Å². The zero-order valence-corrected chi connectivity index (χ0v) is 12.8. The molecule has 1 aromatic carbocycles.